The highest BCUT2D eigenvalue weighted by molar-refractivity contribution is 6.30. The molecule has 1 aliphatic carbocycles. The van der Waals surface area contributed by atoms with E-state index in [2.05, 4.69) is 5.32 Å². The number of halogens is 2. The van der Waals surface area contributed by atoms with Gasteiger partial charge >= 0.3 is 0 Å². The standard InChI is InChI=1S/C14H19ClFN/c15-13-8-4-7-12(14(13)16)10-17-9-11-5-2-1-3-6-11/h4,7-8,11,17H,1-3,5-6,9-10H2. The highest BCUT2D eigenvalue weighted by Gasteiger charge is 2.13. The largest absolute Gasteiger partial charge is 0.312 e. The van der Waals surface area contributed by atoms with Crippen LogP contribution in [-0.4, -0.2) is 6.54 Å². The van der Waals surface area contributed by atoms with Gasteiger partial charge in [-0.1, -0.05) is 43.0 Å². The van der Waals surface area contributed by atoms with E-state index in [1.807, 2.05) is 0 Å². The van der Waals surface area contributed by atoms with Crippen molar-refractivity contribution in [3.05, 3.63) is 34.6 Å². The summed E-state index contributed by atoms with van der Waals surface area (Å²) in [5.74, 6) is 0.483. The lowest BCUT2D eigenvalue weighted by Gasteiger charge is -2.21. The zero-order valence-electron chi connectivity index (χ0n) is 10.0. The molecule has 0 aromatic heterocycles. The van der Waals surface area contributed by atoms with Gasteiger partial charge in [0.2, 0.25) is 0 Å². The molecule has 2 rings (SSSR count). The van der Waals surface area contributed by atoms with Gasteiger partial charge in [-0.2, -0.15) is 0 Å². The van der Waals surface area contributed by atoms with Crippen molar-refractivity contribution in [1.29, 1.82) is 0 Å². The van der Waals surface area contributed by atoms with E-state index in [9.17, 15) is 4.39 Å². The Balaban J connectivity index is 1.79. The molecule has 1 aliphatic rings. The zero-order chi connectivity index (χ0) is 12.1. The van der Waals surface area contributed by atoms with Gasteiger partial charge in [0.05, 0.1) is 5.02 Å². The van der Waals surface area contributed by atoms with Crippen LogP contribution in [0.3, 0.4) is 0 Å². The first kappa shape index (κ1) is 12.8. The monoisotopic (exact) mass is 255 g/mol. The Morgan fingerprint density at radius 3 is 2.76 bits per heavy atom. The number of hydrogen-bond donors (Lipinski definition) is 1. The van der Waals surface area contributed by atoms with Gasteiger partial charge < -0.3 is 5.32 Å². The third-order valence-electron chi connectivity index (χ3n) is 3.50. The van der Waals surface area contributed by atoms with Gasteiger partial charge in [0, 0.05) is 12.1 Å². The van der Waals surface area contributed by atoms with E-state index in [-0.39, 0.29) is 10.8 Å². The fraction of sp³-hybridized carbons (Fsp3) is 0.571. The molecule has 0 bridgehead atoms. The lowest BCUT2D eigenvalue weighted by atomic mass is 9.89. The summed E-state index contributed by atoms with van der Waals surface area (Å²) in [7, 11) is 0. The van der Waals surface area contributed by atoms with Gasteiger partial charge in [-0.05, 0) is 31.4 Å². The summed E-state index contributed by atoms with van der Waals surface area (Å²) in [6, 6.07) is 5.17. The molecule has 17 heavy (non-hydrogen) atoms. The second kappa shape index (κ2) is 6.36. The van der Waals surface area contributed by atoms with E-state index in [1.165, 1.54) is 32.1 Å². The number of hydrogen-bond acceptors (Lipinski definition) is 1. The lowest BCUT2D eigenvalue weighted by molar-refractivity contribution is 0.341. The molecule has 1 aromatic rings. The van der Waals surface area contributed by atoms with Crippen molar-refractivity contribution in [3.63, 3.8) is 0 Å². The molecule has 0 aliphatic heterocycles. The van der Waals surface area contributed by atoms with Crippen LogP contribution >= 0.6 is 11.6 Å². The summed E-state index contributed by atoms with van der Waals surface area (Å²) in [6.07, 6.45) is 6.69. The van der Waals surface area contributed by atoms with Crippen LogP contribution in [0.5, 0.6) is 0 Å². The fourth-order valence-electron chi connectivity index (χ4n) is 2.49. The van der Waals surface area contributed by atoms with Gasteiger partial charge in [0.25, 0.3) is 0 Å². The van der Waals surface area contributed by atoms with Gasteiger partial charge in [-0.3, -0.25) is 0 Å². The van der Waals surface area contributed by atoms with Crippen molar-refractivity contribution >= 4 is 11.6 Å². The summed E-state index contributed by atoms with van der Waals surface area (Å²) < 4.78 is 13.6. The fourth-order valence-corrected chi connectivity index (χ4v) is 2.68. The molecule has 3 heteroatoms. The molecule has 0 unspecified atom stereocenters. The van der Waals surface area contributed by atoms with Crippen LogP contribution in [0.15, 0.2) is 18.2 Å². The van der Waals surface area contributed by atoms with Gasteiger partial charge in [0.1, 0.15) is 5.82 Å². The first-order valence-corrected chi connectivity index (χ1v) is 6.79. The van der Waals surface area contributed by atoms with Crippen molar-refractivity contribution in [3.8, 4) is 0 Å². The molecule has 0 heterocycles. The van der Waals surface area contributed by atoms with E-state index in [0.29, 0.717) is 12.1 Å². The highest BCUT2D eigenvalue weighted by atomic mass is 35.5. The second-order valence-electron chi connectivity index (χ2n) is 4.85. The van der Waals surface area contributed by atoms with Crippen molar-refractivity contribution in [2.75, 3.05) is 6.54 Å². The molecule has 1 saturated carbocycles. The molecular formula is C14H19ClFN. The first-order valence-electron chi connectivity index (χ1n) is 6.41. The summed E-state index contributed by atoms with van der Waals surface area (Å²) in [4.78, 5) is 0. The Kier molecular flexibility index (Phi) is 4.81. The molecule has 0 saturated heterocycles. The molecule has 0 atom stereocenters. The minimum atomic E-state index is -0.287. The predicted octanol–water partition coefficient (Wildman–Crippen LogP) is 4.15. The van der Waals surface area contributed by atoms with E-state index in [1.54, 1.807) is 18.2 Å². The minimum Gasteiger partial charge on any atom is -0.312 e. The normalized spacial score (nSPS) is 17.3. The highest BCUT2D eigenvalue weighted by Crippen LogP contribution is 2.23. The van der Waals surface area contributed by atoms with Crippen LogP contribution in [0.2, 0.25) is 5.02 Å². The molecule has 94 valence electrons. The molecule has 0 amide bonds. The molecule has 1 nitrogen and oxygen atoms in total. The van der Waals surface area contributed by atoms with Gasteiger partial charge in [-0.15, -0.1) is 0 Å². The third kappa shape index (κ3) is 3.68. The Labute approximate surface area is 107 Å². The molecular weight excluding hydrogens is 237 g/mol. The predicted molar refractivity (Wildman–Crippen MR) is 69.7 cm³/mol. The maximum Gasteiger partial charge on any atom is 0.146 e. The maximum absolute atomic E-state index is 13.6. The van der Waals surface area contributed by atoms with Crippen LogP contribution in [0.1, 0.15) is 37.7 Å². The van der Waals surface area contributed by atoms with E-state index < -0.39 is 0 Å². The Bertz CT molecular complexity index is 361. The summed E-state index contributed by atoms with van der Waals surface area (Å²) in [6.45, 7) is 1.56. The maximum atomic E-state index is 13.6. The zero-order valence-corrected chi connectivity index (χ0v) is 10.8. The number of rotatable bonds is 4. The second-order valence-corrected chi connectivity index (χ2v) is 5.26. The summed E-state index contributed by atoms with van der Waals surface area (Å²) >= 11 is 5.74. The van der Waals surface area contributed by atoms with Crippen LogP contribution in [0.25, 0.3) is 0 Å². The average molecular weight is 256 g/mol. The summed E-state index contributed by atoms with van der Waals surface area (Å²) in [5.41, 5.74) is 0.660. The van der Waals surface area contributed by atoms with Gasteiger partial charge in [-0.25, -0.2) is 4.39 Å². The molecule has 1 aromatic carbocycles. The van der Waals surface area contributed by atoms with E-state index in [4.69, 9.17) is 11.6 Å². The van der Waals surface area contributed by atoms with Crippen molar-refractivity contribution in [2.24, 2.45) is 5.92 Å². The molecule has 1 N–H and O–H groups in total. The molecule has 0 spiro atoms. The molecule has 0 radical (unpaired) electrons. The van der Waals surface area contributed by atoms with E-state index >= 15 is 0 Å². The van der Waals surface area contributed by atoms with Crippen LogP contribution in [0.4, 0.5) is 4.39 Å². The lowest BCUT2D eigenvalue weighted by Crippen LogP contribution is -2.24. The summed E-state index contributed by atoms with van der Waals surface area (Å²) in [5, 5.41) is 3.55. The quantitative estimate of drug-likeness (QED) is 0.852. The Morgan fingerprint density at radius 1 is 1.24 bits per heavy atom. The smallest absolute Gasteiger partial charge is 0.146 e. The SMILES string of the molecule is Fc1c(Cl)cccc1CNCC1CCCCC1. The molecule has 1 fully saturated rings. The van der Waals surface area contributed by atoms with E-state index in [0.717, 1.165) is 12.5 Å². The number of nitrogens with one attached hydrogen (secondary N) is 1. The third-order valence-corrected chi connectivity index (χ3v) is 3.80. The van der Waals surface area contributed by atoms with Crippen molar-refractivity contribution < 1.29 is 4.39 Å². The average Bonchev–Trinajstić information content (AvgIpc) is 2.36. The number of benzene rings is 1. The minimum absolute atomic E-state index is 0.210. The van der Waals surface area contributed by atoms with Crippen molar-refractivity contribution in [1.82, 2.24) is 5.32 Å². The Hall–Kier alpha value is -0.600. The Morgan fingerprint density at radius 2 is 2.00 bits per heavy atom. The van der Waals surface area contributed by atoms with Crippen molar-refractivity contribution in [2.45, 2.75) is 38.6 Å². The van der Waals surface area contributed by atoms with Crippen LogP contribution < -0.4 is 5.32 Å². The first-order chi connectivity index (χ1) is 8.27. The van der Waals surface area contributed by atoms with Gasteiger partial charge in [0.15, 0.2) is 0 Å². The van der Waals surface area contributed by atoms with Crippen LogP contribution in [-0.2, 0) is 6.54 Å². The topological polar surface area (TPSA) is 12.0 Å². The van der Waals surface area contributed by atoms with Crippen LogP contribution in [0, 0.1) is 11.7 Å².